The summed E-state index contributed by atoms with van der Waals surface area (Å²) in [6, 6.07) is 7.01. The quantitative estimate of drug-likeness (QED) is 0.478. The van der Waals surface area contributed by atoms with E-state index in [0.717, 1.165) is 31.1 Å². The Balaban J connectivity index is 1.56. The van der Waals surface area contributed by atoms with E-state index in [-0.39, 0.29) is 5.69 Å². The van der Waals surface area contributed by atoms with Gasteiger partial charge in [-0.3, -0.25) is 14.8 Å². The number of nitrogens with one attached hydrogen (secondary N) is 1. The minimum absolute atomic E-state index is 0.0735. The maximum absolute atomic E-state index is 10.6. The molecule has 1 aliphatic carbocycles. The highest BCUT2D eigenvalue weighted by atomic mass is 16.6. The van der Waals surface area contributed by atoms with Crippen LogP contribution in [-0.2, 0) is 6.54 Å². The van der Waals surface area contributed by atoms with E-state index in [1.165, 1.54) is 25.0 Å². The molecular weight excluding hydrogens is 270 g/mol. The van der Waals surface area contributed by atoms with Crippen LogP contribution < -0.4 is 5.32 Å². The van der Waals surface area contributed by atoms with Crippen LogP contribution in [0.3, 0.4) is 0 Å². The third-order valence-corrected chi connectivity index (χ3v) is 3.45. The third kappa shape index (κ3) is 3.63. The lowest BCUT2D eigenvalue weighted by molar-refractivity contribution is -0.384. The second-order valence-electron chi connectivity index (χ2n) is 5.22. The molecule has 110 valence electrons. The molecule has 0 bridgehead atoms. The molecular formula is C14H17N5O2. The van der Waals surface area contributed by atoms with Gasteiger partial charge in [-0.15, -0.1) is 0 Å². The summed E-state index contributed by atoms with van der Waals surface area (Å²) < 4.78 is 1.81. The topological polar surface area (TPSA) is 85.9 Å². The Morgan fingerprint density at radius 3 is 2.76 bits per heavy atom. The largest absolute Gasteiger partial charge is 0.314 e. The standard InChI is InChI=1S/C14H17N5O2/c20-19(21)13-6-2-11(3-7-13)14-16-10-18(17-14)9-1-8-15-12-4-5-12/h2-3,6-7,10,12,15H,1,4-5,8-9H2. The van der Waals surface area contributed by atoms with Crippen molar-refractivity contribution in [3.05, 3.63) is 40.7 Å². The zero-order valence-corrected chi connectivity index (χ0v) is 11.6. The van der Waals surface area contributed by atoms with Crippen LogP contribution >= 0.6 is 0 Å². The first-order chi connectivity index (χ1) is 10.2. The SMILES string of the molecule is O=[N+]([O-])c1ccc(-c2ncn(CCCNC3CC3)n2)cc1. The van der Waals surface area contributed by atoms with Crippen molar-refractivity contribution in [1.82, 2.24) is 20.1 Å². The number of hydrogen-bond acceptors (Lipinski definition) is 5. The number of rotatable bonds is 7. The molecule has 1 aromatic carbocycles. The van der Waals surface area contributed by atoms with E-state index in [4.69, 9.17) is 0 Å². The molecule has 0 saturated heterocycles. The number of benzene rings is 1. The van der Waals surface area contributed by atoms with Gasteiger partial charge in [-0.1, -0.05) is 0 Å². The highest BCUT2D eigenvalue weighted by Gasteiger charge is 2.19. The van der Waals surface area contributed by atoms with Gasteiger partial charge in [0, 0.05) is 30.3 Å². The van der Waals surface area contributed by atoms with Gasteiger partial charge in [-0.25, -0.2) is 4.98 Å². The van der Waals surface area contributed by atoms with Crippen molar-refractivity contribution in [1.29, 1.82) is 0 Å². The van der Waals surface area contributed by atoms with Crippen LogP contribution in [0, 0.1) is 10.1 Å². The Bertz CT molecular complexity index is 619. The minimum atomic E-state index is -0.414. The lowest BCUT2D eigenvalue weighted by atomic mass is 10.2. The summed E-state index contributed by atoms with van der Waals surface area (Å²) in [7, 11) is 0. The van der Waals surface area contributed by atoms with Gasteiger partial charge in [0.05, 0.1) is 4.92 Å². The Hall–Kier alpha value is -2.28. The Labute approximate surface area is 122 Å². The molecule has 0 amide bonds. The molecule has 7 heteroatoms. The number of aryl methyl sites for hydroxylation is 1. The van der Waals surface area contributed by atoms with Crippen molar-refractivity contribution in [2.45, 2.75) is 31.8 Å². The number of nitro benzene ring substituents is 1. The van der Waals surface area contributed by atoms with Crippen LogP contribution in [-0.4, -0.2) is 32.3 Å². The molecule has 0 radical (unpaired) electrons. The van der Waals surface area contributed by atoms with Crippen LogP contribution in [0.1, 0.15) is 19.3 Å². The molecule has 0 aliphatic heterocycles. The average Bonchev–Trinajstić information content (AvgIpc) is 3.20. The van der Waals surface area contributed by atoms with Crippen LogP contribution in [0.2, 0.25) is 0 Å². The molecule has 2 aromatic rings. The lowest BCUT2D eigenvalue weighted by Gasteiger charge is -2.02. The molecule has 1 aromatic heterocycles. The van der Waals surface area contributed by atoms with Crippen molar-refractivity contribution in [2.24, 2.45) is 0 Å². The number of aromatic nitrogens is 3. The monoisotopic (exact) mass is 287 g/mol. The van der Waals surface area contributed by atoms with Gasteiger partial charge in [-0.2, -0.15) is 5.10 Å². The van der Waals surface area contributed by atoms with Crippen molar-refractivity contribution in [3.8, 4) is 11.4 Å². The zero-order chi connectivity index (χ0) is 14.7. The summed E-state index contributed by atoms with van der Waals surface area (Å²) in [4.78, 5) is 14.5. The first kappa shape index (κ1) is 13.7. The van der Waals surface area contributed by atoms with Crippen molar-refractivity contribution >= 4 is 5.69 Å². The predicted molar refractivity (Wildman–Crippen MR) is 77.8 cm³/mol. The summed E-state index contributed by atoms with van der Waals surface area (Å²) >= 11 is 0. The fourth-order valence-electron chi connectivity index (χ4n) is 2.10. The van der Waals surface area contributed by atoms with E-state index in [1.807, 2.05) is 4.68 Å². The molecule has 1 saturated carbocycles. The number of nitro groups is 1. The van der Waals surface area contributed by atoms with Gasteiger partial charge < -0.3 is 5.32 Å². The smallest absolute Gasteiger partial charge is 0.269 e. The summed E-state index contributed by atoms with van der Waals surface area (Å²) in [5.41, 5.74) is 0.861. The van der Waals surface area contributed by atoms with E-state index in [9.17, 15) is 10.1 Å². The summed E-state index contributed by atoms with van der Waals surface area (Å²) in [5, 5.41) is 18.5. The Morgan fingerprint density at radius 2 is 2.10 bits per heavy atom. The maximum Gasteiger partial charge on any atom is 0.269 e. The van der Waals surface area contributed by atoms with Crippen LogP contribution in [0.25, 0.3) is 11.4 Å². The predicted octanol–water partition coefficient (Wildman–Crippen LogP) is 2.00. The molecule has 0 spiro atoms. The summed E-state index contributed by atoms with van der Waals surface area (Å²) in [5.74, 6) is 0.597. The van der Waals surface area contributed by atoms with Gasteiger partial charge in [-0.05, 0) is 37.9 Å². The number of hydrogen-bond donors (Lipinski definition) is 1. The molecule has 1 N–H and O–H groups in total. The molecule has 0 unspecified atom stereocenters. The van der Waals surface area contributed by atoms with Crippen LogP contribution in [0.5, 0.6) is 0 Å². The molecule has 3 rings (SSSR count). The minimum Gasteiger partial charge on any atom is -0.314 e. The molecule has 21 heavy (non-hydrogen) atoms. The van der Waals surface area contributed by atoms with E-state index in [2.05, 4.69) is 15.4 Å². The normalized spacial score (nSPS) is 14.3. The van der Waals surface area contributed by atoms with Gasteiger partial charge in [0.1, 0.15) is 6.33 Å². The first-order valence-corrected chi connectivity index (χ1v) is 7.10. The van der Waals surface area contributed by atoms with Crippen molar-refractivity contribution in [3.63, 3.8) is 0 Å². The highest BCUT2D eigenvalue weighted by Crippen LogP contribution is 2.19. The van der Waals surface area contributed by atoms with Gasteiger partial charge in [0.15, 0.2) is 5.82 Å². The van der Waals surface area contributed by atoms with Gasteiger partial charge in [0.2, 0.25) is 0 Å². The number of nitrogens with zero attached hydrogens (tertiary/aromatic N) is 4. The molecule has 0 atom stereocenters. The average molecular weight is 287 g/mol. The van der Waals surface area contributed by atoms with E-state index < -0.39 is 4.92 Å². The van der Waals surface area contributed by atoms with Gasteiger partial charge in [0.25, 0.3) is 5.69 Å². The second-order valence-corrected chi connectivity index (χ2v) is 5.22. The van der Waals surface area contributed by atoms with E-state index in [0.29, 0.717) is 5.82 Å². The summed E-state index contributed by atoms with van der Waals surface area (Å²) in [6.45, 7) is 1.82. The van der Waals surface area contributed by atoms with Crippen LogP contribution in [0.4, 0.5) is 5.69 Å². The third-order valence-electron chi connectivity index (χ3n) is 3.45. The Kier molecular flexibility index (Phi) is 3.92. The zero-order valence-electron chi connectivity index (χ0n) is 11.6. The highest BCUT2D eigenvalue weighted by molar-refractivity contribution is 5.56. The van der Waals surface area contributed by atoms with Gasteiger partial charge >= 0.3 is 0 Å². The maximum atomic E-state index is 10.6. The Morgan fingerprint density at radius 1 is 1.33 bits per heavy atom. The van der Waals surface area contributed by atoms with E-state index >= 15 is 0 Å². The van der Waals surface area contributed by atoms with Crippen molar-refractivity contribution in [2.75, 3.05) is 6.54 Å². The molecule has 1 heterocycles. The second kappa shape index (κ2) is 6.01. The van der Waals surface area contributed by atoms with Crippen LogP contribution in [0.15, 0.2) is 30.6 Å². The van der Waals surface area contributed by atoms with E-state index in [1.54, 1.807) is 18.5 Å². The summed E-state index contributed by atoms with van der Waals surface area (Å²) in [6.07, 6.45) is 5.31. The molecule has 7 nitrogen and oxygen atoms in total. The fourth-order valence-corrected chi connectivity index (χ4v) is 2.10. The lowest BCUT2D eigenvalue weighted by Crippen LogP contribution is -2.19. The first-order valence-electron chi connectivity index (χ1n) is 7.10. The number of non-ortho nitro benzene ring substituents is 1. The molecule has 1 aliphatic rings. The fraction of sp³-hybridized carbons (Fsp3) is 0.429. The van der Waals surface area contributed by atoms with Crippen molar-refractivity contribution < 1.29 is 4.92 Å². The molecule has 1 fully saturated rings.